The summed E-state index contributed by atoms with van der Waals surface area (Å²) in [4.78, 5) is 11.7. The Morgan fingerprint density at radius 2 is 2.29 bits per heavy atom. The molecule has 0 aromatic carbocycles. The highest BCUT2D eigenvalue weighted by molar-refractivity contribution is 5.38. The molecule has 0 spiro atoms. The normalized spacial score (nSPS) is 10.5. The predicted molar refractivity (Wildman–Crippen MR) is 67.4 cm³/mol. The van der Waals surface area contributed by atoms with E-state index in [1.165, 1.54) is 4.68 Å². The highest BCUT2D eigenvalue weighted by atomic mass is 16.5. The Kier molecular flexibility index (Phi) is 6.27. The number of nitrogens with zero attached hydrogens (tertiary/aromatic N) is 2. The molecule has 0 atom stereocenters. The summed E-state index contributed by atoms with van der Waals surface area (Å²) in [5.41, 5.74) is 0.670. The number of rotatable bonds is 8. The lowest BCUT2D eigenvalue weighted by atomic mass is 10.4. The zero-order valence-electron chi connectivity index (χ0n) is 10.4. The molecular formula is C11H20N4O2. The van der Waals surface area contributed by atoms with Crippen LogP contribution in [-0.2, 0) is 11.3 Å². The fraction of sp³-hybridized carbons (Fsp3) is 0.636. The smallest absolute Gasteiger partial charge is 0.268 e. The molecule has 0 aliphatic carbocycles. The average molecular weight is 240 g/mol. The molecule has 1 heterocycles. The molecule has 0 radical (unpaired) electrons. The lowest BCUT2D eigenvalue weighted by Crippen LogP contribution is -2.24. The average Bonchev–Trinajstić information content (AvgIpc) is 2.32. The van der Waals surface area contributed by atoms with Crippen LogP contribution < -0.4 is 16.2 Å². The van der Waals surface area contributed by atoms with Gasteiger partial charge in [-0.25, -0.2) is 4.68 Å². The van der Waals surface area contributed by atoms with E-state index in [-0.39, 0.29) is 5.56 Å². The topological polar surface area (TPSA) is 68.2 Å². The number of ether oxygens (including phenoxy) is 1. The number of aryl methyl sites for hydroxylation is 1. The minimum Gasteiger partial charge on any atom is -0.385 e. The van der Waals surface area contributed by atoms with E-state index in [1.54, 1.807) is 19.4 Å². The van der Waals surface area contributed by atoms with Crippen LogP contribution in [0, 0.1) is 0 Å². The number of hydrogen-bond donors (Lipinski definition) is 2. The first-order chi connectivity index (χ1) is 8.27. The van der Waals surface area contributed by atoms with Crippen LogP contribution in [-0.4, -0.2) is 43.6 Å². The third-order valence-electron chi connectivity index (χ3n) is 2.29. The molecule has 1 aromatic heterocycles. The van der Waals surface area contributed by atoms with Crippen LogP contribution >= 0.6 is 0 Å². The second kappa shape index (κ2) is 7.81. The lowest BCUT2D eigenvalue weighted by Gasteiger charge is -2.07. The molecule has 6 nitrogen and oxygen atoms in total. The molecular weight excluding hydrogens is 220 g/mol. The summed E-state index contributed by atoms with van der Waals surface area (Å²) in [6.45, 7) is 2.84. The highest BCUT2D eigenvalue weighted by Gasteiger charge is 1.99. The van der Waals surface area contributed by atoms with Gasteiger partial charge in [0.15, 0.2) is 0 Å². The molecule has 0 amide bonds. The maximum Gasteiger partial charge on any atom is 0.268 e. The van der Waals surface area contributed by atoms with Crippen molar-refractivity contribution in [1.82, 2.24) is 15.1 Å². The van der Waals surface area contributed by atoms with Gasteiger partial charge in [-0.15, -0.1) is 0 Å². The molecule has 0 unspecified atom stereocenters. The van der Waals surface area contributed by atoms with Gasteiger partial charge < -0.3 is 15.4 Å². The van der Waals surface area contributed by atoms with E-state index >= 15 is 0 Å². The van der Waals surface area contributed by atoms with Crippen molar-refractivity contribution >= 4 is 5.69 Å². The van der Waals surface area contributed by atoms with Gasteiger partial charge >= 0.3 is 0 Å². The van der Waals surface area contributed by atoms with Crippen molar-refractivity contribution < 1.29 is 4.74 Å². The van der Waals surface area contributed by atoms with Crippen molar-refractivity contribution in [2.24, 2.45) is 0 Å². The molecule has 17 heavy (non-hydrogen) atoms. The predicted octanol–water partition coefficient (Wildman–Crippen LogP) is -0.0889. The quantitative estimate of drug-likeness (QED) is 0.622. The van der Waals surface area contributed by atoms with Crippen LogP contribution in [0.1, 0.15) is 6.42 Å². The SMILES string of the molecule is CNCCNc1cnn(CCCOC)c(=O)c1. The van der Waals surface area contributed by atoms with E-state index in [4.69, 9.17) is 4.74 Å². The van der Waals surface area contributed by atoms with Gasteiger partial charge in [-0.1, -0.05) is 0 Å². The van der Waals surface area contributed by atoms with Gasteiger partial charge in [0.1, 0.15) is 0 Å². The van der Waals surface area contributed by atoms with Gasteiger partial charge in [-0.2, -0.15) is 5.10 Å². The molecule has 0 aliphatic rings. The van der Waals surface area contributed by atoms with Crippen LogP contribution in [0.5, 0.6) is 0 Å². The van der Waals surface area contributed by atoms with Gasteiger partial charge in [-0.3, -0.25) is 4.79 Å². The van der Waals surface area contributed by atoms with Crippen LogP contribution in [0.2, 0.25) is 0 Å². The van der Waals surface area contributed by atoms with Crippen LogP contribution in [0.25, 0.3) is 0 Å². The van der Waals surface area contributed by atoms with Gasteiger partial charge in [-0.05, 0) is 13.5 Å². The summed E-state index contributed by atoms with van der Waals surface area (Å²) in [7, 11) is 3.53. The molecule has 0 aliphatic heterocycles. The van der Waals surface area contributed by atoms with E-state index in [1.807, 2.05) is 7.05 Å². The highest BCUT2D eigenvalue weighted by Crippen LogP contribution is 1.98. The number of nitrogens with one attached hydrogen (secondary N) is 2. The monoisotopic (exact) mass is 240 g/mol. The third kappa shape index (κ3) is 4.97. The summed E-state index contributed by atoms with van der Waals surface area (Å²) < 4.78 is 6.38. The standard InChI is InChI=1S/C11H20N4O2/c1-12-4-5-13-10-8-11(16)15(14-9-10)6-3-7-17-2/h8-9,12-13H,3-7H2,1-2H3. The molecule has 0 bridgehead atoms. The Balaban J connectivity index is 2.50. The zero-order chi connectivity index (χ0) is 12.5. The number of aromatic nitrogens is 2. The van der Waals surface area contributed by atoms with Gasteiger partial charge in [0.05, 0.1) is 11.9 Å². The lowest BCUT2D eigenvalue weighted by molar-refractivity contribution is 0.188. The van der Waals surface area contributed by atoms with E-state index in [2.05, 4.69) is 15.7 Å². The van der Waals surface area contributed by atoms with Crippen molar-refractivity contribution in [1.29, 1.82) is 0 Å². The molecule has 0 saturated heterocycles. The maximum absolute atomic E-state index is 11.7. The van der Waals surface area contributed by atoms with E-state index in [9.17, 15) is 4.79 Å². The largest absolute Gasteiger partial charge is 0.385 e. The van der Waals surface area contributed by atoms with Crippen LogP contribution in [0.3, 0.4) is 0 Å². The summed E-state index contributed by atoms with van der Waals surface area (Å²) in [6.07, 6.45) is 2.46. The first-order valence-electron chi connectivity index (χ1n) is 5.72. The Morgan fingerprint density at radius 3 is 2.94 bits per heavy atom. The van der Waals surface area contributed by atoms with Crippen molar-refractivity contribution in [3.8, 4) is 0 Å². The molecule has 1 aromatic rings. The second-order valence-electron chi connectivity index (χ2n) is 3.68. The first-order valence-corrected chi connectivity index (χ1v) is 5.72. The Hall–Kier alpha value is -1.40. The zero-order valence-corrected chi connectivity index (χ0v) is 10.4. The number of anilines is 1. The molecule has 1 rings (SSSR count). The molecule has 0 saturated carbocycles. The molecule has 96 valence electrons. The summed E-state index contributed by atoms with van der Waals surface area (Å²) in [6, 6.07) is 1.56. The number of likely N-dealkylation sites (N-methyl/N-ethyl adjacent to an activating group) is 1. The summed E-state index contributed by atoms with van der Waals surface area (Å²) >= 11 is 0. The number of hydrogen-bond acceptors (Lipinski definition) is 5. The molecule has 0 fully saturated rings. The fourth-order valence-electron chi connectivity index (χ4n) is 1.39. The van der Waals surface area contributed by atoms with Crippen molar-refractivity contribution in [3.63, 3.8) is 0 Å². The van der Waals surface area contributed by atoms with Crippen molar-refractivity contribution in [2.45, 2.75) is 13.0 Å². The Morgan fingerprint density at radius 1 is 1.47 bits per heavy atom. The van der Waals surface area contributed by atoms with E-state index < -0.39 is 0 Å². The van der Waals surface area contributed by atoms with Crippen molar-refractivity contribution in [2.75, 3.05) is 39.2 Å². The third-order valence-corrected chi connectivity index (χ3v) is 2.29. The minimum absolute atomic E-state index is 0.0874. The van der Waals surface area contributed by atoms with Crippen LogP contribution in [0.4, 0.5) is 5.69 Å². The summed E-state index contributed by atoms with van der Waals surface area (Å²) in [5.74, 6) is 0. The molecule has 6 heteroatoms. The maximum atomic E-state index is 11.7. The minimum atomic E-state index is -0.0874. The number of methoxy groups -OCH3 is 1. The molecule has 2 N–H and O–H groups in total. The Labute approximate surface area is 101 Å². The van der Waals surface area contributed by atoms with Crippen LogP contribution in [0.15, 0.2) is 17.1 Å². The first kappa shape index (κ1) is 13.7. The van der Waals surface area contributed by atoms with Crippen molar-refractivity contribution in [3.05, 3.63) is 22.6 Å². The van der Waals surface area contributed by atoms with Gasteiger partial charge in [0.25, 0.3) is 5.56 Å². The Bertz CT molecular complexity index is 378. The van der Waals surface area contributed by atoms with Gasteiger partial charge in [0, 0.05) is 39.4 Å². The van der Waals surface area contributed by atoms with E-state index in [0.717, 1.165) is 25.2 Å². The fourth-order valence-corrected chi connectivity index (χ4v) is 1.39. The van der Waals surface area contributed by atoms with Gasteiger partial charge in [0.2, 0.25) is 0 Å². The summed E-state index contributed by atoms with van der Waals surface area (Å²) in [5, 5.41) is 10.2. The second-order valence-corrected chi connectivity index (χ2v) is 3.68. The van der Waals surface area contributed by atoms with E-state index in [0.29, 0.717) is 13.2 Å².